The Morgan fingerprint density at radius 3 is 2.44 bits per heavy atom. The van der Waals surface area contributed by atoms with Crippen LogP contribution in [0.25, 0.3) is 0 Å². The summed E-state index contributed by atoms with van der Waals surface area (Å²) in [5.41, 5.74) is 1.20. The first-order chi connectivity index (χ1) is 11.9. The molecule has 0 aliphatic carbocycles. The molecule has 2 aromatic rings. The molecule has 0 aliphatic rings. The maximum absolute atomic E-state index is 12.9. The van der Waals surface area contributed by atoms with Gasteiger partial charge in [0.1, 0.15) is 11.6 Å². The number of ether oxygens (including phenoxy) is 2. The van der Waals surface area contributed by atoms with Crippen LogP contribution in [0.1, 0.15) is 15.9 Å². The van der Waals surface area contributed by atoms with Gasteiger partial charge in [0.25, 0.3) is 5.91 Å². The van der Waals surface area contributed by atoms with Gasteiger partial charge in [-0.3, -0.25) is 4.79 Å². The van der Waals surface area contributed by atoms with Crippen LogP contribution in [0.5, 0.6) is 5.75 Å². The first kappa shape index (κ1) is 18.9. The third-order valence-electron chi connectivity index (χ3n) is 3.46. The standard InChI is InChI=1S/C18H17BrFNO4/c1-21(10-12-3-6-14(20)7-4-12)17(22)11-25-16-8-5-13(9-15(16)19)18(23)24-2/h3-9H,10-11H2,1-2H3. The van der Waals surface area contributed by atoms with Gasteiger partial charge in [-0.1, -0.05) is 12.1 Å². The lowest BCUT2D eigenvalue weighted by atomic mass is 10.2. The predicted molar refractivity (Wildman–Crippen MR) is 93.9 cm³/mol. The number of likely N-dealkylation sites (N-methyl/N-ethyl adjacent to an activating group) is 1. The Labute approximate surface area is 153 Å². The minimum atomic E-state index is -0.456. The van der Waals surface area contributed by atoms with Crippen molar-refractivity contribution < 1.29 is 23.5 Å². The monoisotopic (exact) mass is 409 g/mol. The molecular weight excluding hydrogens is 393 g/mol. The Bertz CT molecular complexity index is 764. The summed E-state index contributed by atoms with van der Waals surface area (Å²) in [6.07, 6.45) is 0. The summed E-state index contributed by atoms with van der Waals surface area (Å²) >= 11 is 3.30. The Morgan fingerprint density at radius 1 is 1.16 bits per heavy atom. The van der Waals surface area contributed by atoms with Crippen molar-refractivity contribution in [3.8, 4) is 5.75 Å². The summed E-state index contributed by atoms with van der Waals surface area (Å²) in [6.45, 7) is 0.193. The highest BCUT2D eigenvalue weighted by Crippen LogP contribution is 2.26. The highest BCUT2D eigenvalue weighted by molar-refractivity contribution is 9.10. The molecule has 25 heavy (non-hydrogen) atoms. The van der Waals surface area contributed by atoms with E-state index in [1.165, 1.54) is 24.1 Å². The van der Waals surface area contributed by atoms with Gasteiger partial charge in [-0.25, -0.2) is 9.18 Å². The number of methoxy groups -OCH3 is 1. The maximum Gasteiger partial charge on any atom is 0.337 e. The van der Waals surface area contributed by atoms with E-state index in [0.29, 0.717) is 22.3 Å². The number of benzene rings is 2. The van der Waals surface area contributed by atoms with Crippen LogP contribution in [0.4, 0.5) is 4.39 Å². The van der Waals surface area contributed by atoms with Crippen molar-refractivity contribution in [3.05, 3.63) is 63.9 Å². The van der Waals surface area contributed by atoms with Crippen molar-refractivity contribution in [3.63, 3.8) is 0 Å². The van der Waals surface area contributed by atoms with Gasteiger partial charge in [0.05, 0.1) is 17.1 Å². The predicted octanol–water partition coefficient (Wildman–Crippen LogP) is 3.41. The van der Waals surface area contributed by atoms with E-state index >= 15 is 0 Å². The minimum absolute atomic E-state index is 0.159. The van der Waals surface area contributed by atoms with Crippen LogP contribution < -0.4 is 4.74 Å². The summed E-state index contributed by atoms with van der Waals surface area (Å²) in [5.74, 6) is -0.562. The first-order valence-corrected chi connectivity index (χ1v) is 8.19. The maximum atomic E-state index is 12.9. The lowest BCUT2D eigenvalue weighted by Crippen LogP contribution is -2.31. The third kappa shape index (κ3) is 5.29. The molecule has 0 fully saturated rings. The van der Waals surface area contributed by atoms with Gasteiger partial charge in [0, 0.05) is 13.6 Å². The lowest BCUT2D eigenvalue weighted by molar-refractivity contribution is -0.132. The zero-order valence-electron chi connectivity index (χ0n) is 13.8. The Morgan fingerprint density at radius 2 is 1.84 bits per heavy atom. The molecule has 0 aromatic heterocycles. The number of carbonyl (C=O) groups is 2. The van der Waals surface area contributed by atoms with Crippen LogP contribution in [-0.2, 0) is 16.1 Å². The Kier molecular flexibility index (Phi) is 6.52. The molecule has 7 heteroatoms. The van der Waals surface area contributed by atoms with Crippen LogP contribution in [0, 0.1) is 5.82 Å². The van der Waals surface area contributed by atoms with Gasteiger partial charge in [-0.15, -0.1) is 0 Å². The van der Waals surface area contributed by atoms with Crippen molar-refractivity contribution in [1.29, 1.82) is 0 Å². The van der Waals surface area contributed by atoms with Crippen molar-refractivity contribution in [1.82, 2.24) is 4.90 Å². The lowest BCUT2D eigenvalue weighted by Gasteiger charge is -2.18. The average molecular weight is 410 g/mol. The zero-order valence-corrected chi connectivity index (χ0v) is 15.4. The number of hydrogen-bond donors (Lipinski definition) is 0. The fourth-order valence-corrected chi connectivity index (χ4v) is 2.56. The van der Waals surface area contributed by atoms with Crippen LogP contribution >= 0.6 is 15.9 Å². The molecule has 0 atom stereocenters. The number of nitrogens with zero attached hydrogens (tertiary/aromatic N) is 1. The first-order valence-electron chi connectivity index (χ1n) is 7.39. The SMILES string of the molecule is COC(=O)c1ccc(OCC(=O)N(C)Cc2ccc(F)cc2)c(Br)c1. The largest absolute Gasteiger partial charge is 0.483 e. The van der Waals surface area contributed by atoms with Crippen LogP contribution in [0.2, 0.25) is 0 Å². The number of hydrogen-bond acceptors (Lipinski definition) is 4. The molecule has 0 saturated carbocycles. The normalized spacial score (nSPS) is 10.2. The summed E-state index contributed by atoms with van der Waals surface area (Å²) in [5, 5.41) is 0. The van der Waals surface area contributed by atoms with Gasteiger partial charge < -0.3 is 14.4 Å². The molecule has 0 saturated heterocycles. The van der Waals surface area contributed by atoms with Crippen molar-refractivity contribution in [2.75, 3.05) is 20.8 Å². The number of halogens is 2. The molecular formula is C18H17BrFNO4. The van der Waals surface area contributed by atoms with E-state index in [1.807, 2.05) is 0 Å². The second kappa shape index (κ2) is 8.62. The molecule has 0 spiro atoms. The van der Waals surface area contributed by atoms with Crippen LogP contribution in [0.15, 0.2) is 46.9 Å². The average Bonchev–Trinajstić information content (AvgIpc) is 2.61. The Hall–Kier alpha value is -2.41. The molecule has 2 aromatic carbocycles. The van der Waals surface area contributed by atoms with Gasteiger partial charge in [-0.05, 0) is 51.8 Å². The molecule has 0 unspecified atom stereocenters. The van der Waals surface area contributed by atoms with E-state index in [1.54, 1.807) is 37.4 Å². The number of carbonyl (C=O) groups excluding carboxylic acids is 2. The van der Waals surface area contributed by atoms with E-state index < -0.39 is 5.97 Å². The number of rotatable bonds is 6. The minimum Gasteiger partial charge on any atom is -0.483 e. The smallest absolute Gasteiger partial charge is 0.337 e. The van der Waals surface area contributed by atoms with Crippen molar-refractivity contribution >= 4 is 27.8 Å². The molecule has 0 radical (unpaired) electrons. The topological polar surface area (TPSA) is 55.8 Å². The van der Waals surface area contributed by atoms with Crippen LogP contribution in [-0.4, -0.2) is 37.5 Å². The van der Waals surface area contributed by atoms with E-state index in [-0.39, 0.29) is 18.3 Å². The summed E-state index contributed by atoms with van der Waals surface area (Å²) in [6, 6.07) is 10.7. The number of esters is 1. The molecule has 2 rings (SSSR count). The van der Waals surface area contributed by atoms with Gasteiger partial charge in [0.15, 0.2) is 6.61 Å². The van der Waals surface area contributed by atoms with E-state index in [0.717, 1.165) is 5.56 Å². The third-order valence-corrected chi connectivity index (χ3v) is 4.08. The highest BCUT2D eigenvalue weighted by Gasteiger charge is 2.13. The zero-order chi connectivity index (χ0) is 18.4. The quantitative estimate of drug-likeness (QED) is 0.685. The summed E-state index contributed by atoms with van der Waals surface area (Å²) < 4.78 is 23.6. The molecule has 0 aliphatic heterocycles. The highest BCUT2D eigenvalue weighted by atomic mass is 79.9. The van der Waals surface area contributed by atoms with Gasteiger partial charge in [-0.2, -0.15) is 0 Å². The summed E-state index contributed by atoms with van der Waals surface area (Å²) in [7, 11) is 2.95. The van der Waals surface area contributed by atoms with E-state index in [4.69, 9.17) is 4.74 Å². The second-order valence-corrected chi connectivity index (χ2v) is 6.16. The Balaban J connectivity index is 1.92. The van der Waals surface area contributed by atoms with Crippen molar-refractivity contribution in [2.24, 2.45) is 0 Å². The molecule has 0 N–H and O–H groups in total. The van der Waals surface area contributed by atoms with E-state index in [9.17, 15) is 14.0 Å². The fourth-order valence-electron chi connectivity index (χ4n) is 2.06. The van der Waals surface area contributed by atoms with Gasteiger partial charge >= 0.3 is 5.97 Å². The molecule has 1 amide bonds. The van der Waals surface area contributed by atoms with Crippen LogP contribution in [0.3, 0.4) is 0 Å². The molecule has 5 nitrogen and oxygen atoms in total. The number of amides is 1. The van der Waals surface area contributed by atoms with Crippen molar-refractivity contribution in [2.45, 2.75) is 6.54 Å². The molecule has 132 valence electrons. The molecule has 0 bridgehead atoms. The summed E-state index contributed by atoms with van der Waals surface area (Å²) in [4.78, 5) is 25.1. The fraction of sp³-hybridized carbons (Fsp3) is 0.222. The molecule has 0 heterocycles. The van der Waals surface area contributed by atoms with E-state index in [2.05, 4.69) is 20.7 Å². The van der Waals surface area contributed by atoms with Gasteiger partial charge in [0.2, 0.25) is 0 Å². The second-order valence-electron chi connectivity index (χ2n) is 5.30.